The minimum Gasteiger partial charge on any atom is -0.354 e. The van der Waals surface area contributed by atoms with E-state index in [-0.39, 0.29) is 17.3 Å². The number of nitrogens with one attached hydrogen (secondary N) is 1. The van der Waals surface area contributed by atoms with Crippen molar-refractivity contribution in [1.82, 2.24) is 10.2 Å². The molecule has 220 valence electrons. The second kappa shape index (κ2) is 15.3. The van der Waals surface area contributed by atoms with Crippen molar-refractivity contribution in [3.8, 4) is 0 Å². The van der Waals surface area contributed by atoms with Crippen LogP contribution in [0.25, 0.3) is 0 Å². The molecule has 2 amide bonds. The Morgan fingerprint density at radius 1 is 0.951 bits per heavy atom. The van der Waals surface area contributed by atoms with Crippen molar-refractivity contribution in [3.63, 3.8) is 0 Å². The molecule has 3 aromatic rings. The molecule has 1 unspecified atom stereocenters. The minimum absolute atomic E-state index is 0.0808. The maximum absolute atomic E-state index is 14.1. The summed E-state index contributed by atoms with van der Waals surface area (Å²) in [7, 11) is -4.11. The van der Waals surface area contributed by atoms with E-state index in [9.17, 15) is 18.0 Å². The average molecular weight is 616 g/mol. The number of rotatable bonds is 14. The van der Waals surface area contributed by atoms with Crippen LogP contribution in [0.4, 0.5) is 5.69 Å². The highest BCUT2D eigenvalue weighted by molar-refractivity contribution is 7.98. The minimum atomic E-state index is -4.11. The van der Waals surface area contributed by atoms with Crippen LogP contribution in [0.2, 0.25) is 5.02 Å². The molecule has 0 aromatic heterocycles. The monoisotopic (exact) mass is 615 g/mol. The Morgan fingerprint density at radius 2 is 1.59 bits per heavy atom. The summed E-state index contributed by atoms with van der Waals surface area (Å²) in [4.78, 5) is 29.8. The second-order valence-corrected chi connectivity index (χ2v) is 12.9. The normalized spacial score (nSPS) is 12.0. The number of hydrogen-bond donors (Lipinski definition) is 1. The molecular weight excluding hydrogens is 578 g/mol. The van der Waals surface area contributed by atoms with Gasteiger partial charge in [0.05, 0.1) is 10.6 Å². The summed E-state index contributed by atoms with van der Waals surface area (Å²) in [5, 5.41) is 3.49. The number of aryl methyl sites for hydroxylation is 1. The molecule has 3 aromatic carbocycles. The molecule has 0 fully saturated rings. The summed E-state index contributed by atoms with van der Waals surface area (Å²) in [6, 6.07) is 19.8. The first-order valence-corrected chi connectivity index (χ1v) is 16.7. The third-order valence-corrected chi connectivity index (χ3v) is 9.51. The lowest BCUT2D eigenvalue weighted by atomic mass is 10.1. The fraction of sp³-hybridized carbons (Fsp3) is 0.355. The first-order valence-electron chi connectivity index (χ1n) is 13.7. The van der Waals surface area contributed by atoms with E-state index in [1.807, 2.05) is 27.0 Å². The van der Waals surface area contributed by atoms with Crippen LogP contribution in [0.5, 0.6) is 0 Å². The number of amides is 2. The number of unbranched alkanes of at least 4 members (excludes halogenated alkanes) is 1. The smallest absolute Gasteiger partial charge is 0.264 e. The third-order valence-electron chi connectivity index (χ3n) is 6.73. The summed E-state index contributed by atoms with van der Waals surface area (Å²) in [5.41, 5.74) is 2.10. The first-order chi connectivity index (χ1) is 19.6. The topological polar surface area (TPSA) is 86.8 Å². The van der Waals surface area contributed by atoms with Gasteiger partial charge in [-0.05, 0) is 80.1 Å². The summed E-state index contributed by atoms with van der Waals surface area (Å²) in [5.74, 6) is -0.747. The maximum Gasteiger partial charge on any atom is 0.264 e. The van der Waals surface area contributed by atoms with Crippen molar-refractivity contribution < 1.29 is 18.0 Å². The van der Waals surface area contributed by atoms with Gasteiger partial charge in [-0.2, -0.15) is 0 Å². The molecule has 1 N–H and O–H groups in total. The average Bonchev–Trinajstić information content (AvgIpc) is 2.97. The lowest BCUT2D eigenvalue weighted by Gasteiger charge is -2.33. The summed E-state index contributed by atoms with van der Waals surface area (Å²) in [6.07, 6.45) is 4.02. The molecule has 1 atom stereocenters. The number of thioether (sulfide) groups is 1. The van der Waals surface area contributed by atoms with Crippen LogP contribution in [0, 0.1) is 6.92 Å². The molecule has 0 saturated heterocycles. The van der Waals surface area contributed by atoms with Crippen LogP contribution in [-0.4, -0.2) is 50.5 Å². The molecule has 0 saturated carbocycles. The quantitative estimate of drug-likeness (QED) is 0.170. The van der Waals surface area contributed by atoms with Crippen LogP contribution >= 0.6 is 23.4 Å². The Kier molecular flexibility index (Phi) is 12.1. The zero-order valence-corrected chi connectivity index (χ0v) is 26.4. The second-order valence-electron chi connectivity index (χ2n) is 9.74. The first kappa shape index (κ1) is 32.5. The van der Waals surface area contributed by atoms with Gasteiger partial charge >= 0.3 is 0 Å². The molecule has 0 spiro atoms. The summed E-state index contributed by atoms with van der Waals surface area (Å²) in [6.45, 7) is 5.95. The van der Waals surface area contributed by atoms with Crippen LogP contribution in [-0.2, 0) is 26.2 Å². The van der Waals surface area contributed by atoms with E-state index in [0.29, 0.717) is 23.7 Å². The highest BCUT2D eigenvalue weighted by atomic mass is 35.5. The van der Waals surface area contributed by atoms with Crippen molar-refractivity contribution in [2.45, 2.75) is 62.4 Å². The Bertz CT molecular complexity index is 1400. The largest absolute Gasteiger partial charge is 0.354 e. The molecular formula is C31H38ClN3O4S2. The van der Waals surface area contributed by atoms with E-state index < -0.39 is 28.5 Å². The number of carbonyl (C=O) groups excluding carboxylic acids is 2. The molecule has 3 rings (SSSR count). The number of hydrogen-bond acceptors (Lipinski definition) is 5. The highest BCUT2D eigenvalue weighted by Gasteiger charge is 2.33. The molecule has 0 aliphatic heterocycles. The predicted octanol–water partition coefficient (Wildman–Crippen LogP) is 6.29. The van der Waals surface area contributed by atoms with Gasteiger partial charge in [-0.1, -0.05) is 61.7 Å². The van der Waals surface area contributed by atoms with Gasteiger partial charge < -0.3 is 10.2 Å². The van der Waals surface area contributed by atoms with Crippen LogP contribution in [0.3, 0.4) is 0 Å². The van der Waals surface area contributed by atoms with Crippen molar-refractivity contribution in [3.05, 3.63) is 88.9 Å². The van der Waals surface area contributed by atoms with Crippen LogP contribution < -0.4 is 9.62 Å². The van der Waals surface area contributed by atoms with E-state index in [4.69, 9.17) is 11.6 Å². The number of sulfonamides is 1. The van der Waals surface area contributed by atoms with Gasteiger partial charge in [0.2, 0.25) is 11.8 Å². The van der Waals surface area contributed by atoms with Crippen molar-refractivity contribution in [2.75, 3.05) is 23.7 Å². The van der Waals surface area contributed by atoms with Gasteiger partial charge in [-0.25, -0.2) is 8.42 Å². The fourth-order valence-corrected chi connectivity index (χ4v) is 6.28. The summed E-state index contributed by atoms with van der Waals surface area (Å²) < 4.78 is 29.1. The van der Waals surface area contributed by atoms with Crippen molar-refractivity contribution in [1.29, 1.82) is 0 Å². The van der Waals surface area contributed by atoms with Gasteiger partial charge in [0.15, 0.2) is 0 Å². The van der Waals surface area contributed by atoms with E-state index in [2.05, 4.69) is 5.32 Å². The molecule has 41 heavy (non-hydrogen) atoms. The molecule has 0 bridgehead atoms. The molecule has 0 aliphatic rings. The third kappa shape index (κ3) is 8.74. The zero-order valence-electron chi connectivity index (χ0n) is 24.0. The van der Waals surface area contributed by atoms with Crippen molar-refractivity contribution in [2.24, 2.45) is 0 Å². The van der Waals surface area contributed by atoms with E-state index in [1.54, 1.807) is 72.8 Å². The predicted molar refractivity (Wildman–Crippen MR) is 168 cm³/mol. The van der Waals surface area contributed by atoms with E-state index in [1.165, 1.54) is 16.7 Å². The number of anilines is 1. The molecule has 0 aliphatic carbocycles. The van der Waals surface area contributed by atoms with Crippen LogP contribution in [0.15, 0.2) is 82.6 Å². The summed E-state index contributed by atoms with van der Waals surface area (Å²) >= 11 is 7.59. The SMILES string of the molecule is CCCCNC(=O)C(CC)N(Cc1ccc(Cl)cc1)C(=O)CN(c1ccc(C)cc1)S(=O)(=O)c1ccc(SC)cc1. The number of benzene rings is 3. The van der Waals surface area contributed by atoms with Gasteiger partial charge in [0.25, 0.3) is 10.0 Å². The van der Waals surface area contributed by atoms with Gasteiger partial charge in [-0.15, -0.1) is 11.8 Å². The molecule has 0 radical (unpaired) electrons. The Labute approximate surface area is 253 Å². The number of nitrogens with zero attached hydrogens (tertiary/aromatic N) is 2. The standard InChI is InChI=1S/C31H38ClN3O4S2/c1-5-7-20-33-31(37)29(6-2)34(21-24-10-12-25(32)13-11-24)30(36)22-35(26-14-8-23(3)9-15-26)41(38,39)28-18-16-27(40-4)17-19-28/h8-19,29H,5-7,20-22H2,1-4H3,(H,33,37). The lowest BCUT2D eigenvalue weighted by Crippen LogP contribution is -2.52. The molecule has 10 heteroatoms. The Hall–Kier alpha value is -3.01. The molecule has 0 heterocycles. The van der Waals surface area contributed by atoms with Gasteiger partial charge in [0, 0.05) is 23.0 Å². The fourth-order valence-electron chi connectivity index (χ4n) is 4.33. The van der Waals surface area contributed by atoms with E-state index >= 15 is 0 Å². The van der Waals surface area contributed by atoms with E-state index in [0.717, 1.165) is 33.2 Å². The zero-order chi connectivity index (χ0) is 30.0. The maximum atomic E-state index is 14.1. The number of carbonyl (C=O) groups is 2. The van der Waals surface area contributed by atoms with Gasteiger partial charge in [0.1, 0.15) is 12.6 Å². The highest BCUT2D eigenvalue weighted by Crippen LogP contribution is 2.27. The Balaban J connectivity index is 2.02. The van der Waals surface area contributed by atoms with Gasteiger partial charge in [-0.3, -0.25) is 13.9 Å². The molecule has 7 nitrogen and oxygen atoms in total. The van der Waals surface area contributed by atoms with Crippen LogP contribution in [0.1, 0.15) is 44.2 Å². The van der Waals surface area contributed by atoms with Crippen molar-refractivity contribution >= 4 is 50.9 Å². The number of halogens is 1. The lowest BCUT2D eigenvalue weighted by molar-refractivity contribution is -0.140. The Morgan fingerprint density at radius 3 is 2.15 bits per heavy atom.